The van der Waals surface area contributed by atoms with Crippen LogP contribution in [0.3, 0.4) is 0 Å². The van der Waals surface area contributed by atoms with E-state index in [-0.39, 0.29) is 10.6 Å². The second kappa shape index (κ2) is 4.75. The van der Waals surface area contributed by atoms with Crippen LogP contribution >= 0.6 is 0 Å². The molecule has 5 nitrogen and oxygen atoms in total. The number of nitrogens with zero attached hydrogens (tertiary/aromatic N) is 2. The molecule has 0 aliphatic carbocycles. The van der Waals surface area contributed by atoms with Crippen molar-refractivity contribution >= 4 is 17.5 Å². The molecule has 5 heteroatoms. The van der Waals surface area contributed by atoms with Gasteiger partial charge in [-0.15, -0.1) is 5.23 Å². The number of ether oxygens (including phenoxy) is 1. The van der Waals surface area contributed by atoms with Crippen molar-refractivity contribution in [1.82, 2.24) is 0 Å². The van der Waals surface area contributed by atoms with Crippen molar-refractivity contribution in [2.45, 2.75) is 25.0 Å². The van der Waals surface area contributed by atoms with Gasteiger partial charge in [-0.05, 0) is 55.8 Å². The van der Waals surface area contributed by atoms with Crippen LogP contribution in [0.2, 0.25) is 0 Å². The lowest BCUT2D eigenvalue weighted by atomic mass is 9.76. The van der Waals surface area contributed by atoms with Crippen LogP contribution in [-0.4, -0.2) is 23.2 Å². The molecule has 2 heterocycles. The van der Waals surface area contributed by atoms with Gasteiger partial charge in [0.2, 0.25) is 5.72 Å². The topological polar surface area (TPSA) is 56.2 Å². The second-order valence-electron chi connectivity index (χ2n) is 6.84. The van der Waals surface area contributed by atoms with Gasteiger partial charge >= 0.3 is 0 Å². The van der Waals surface area contributed by atoms with Crippen molar-refractivity contribution in [1.29, 1.82) is 0 Å². The number of hydrogen-bond donors (Lipinski definition) is 2. The number of rotatable bonds is 1. The summed E-state index contributed by atoms with van der Waals surface area (Å²) >= 11 is 0. The third-order valence-corrected chi connectivity index (χ3v) is 5.31. The minimum atomic E-state index is -0.622. The lowest BCUT2D eigenvalue weighted by Crippen LogP contribution is -2.58. The maximum absolute atomic E-state index is 9.19. The zero-order chi connectivity index (χ0) is 17.1. The zero-order valence-corrected chi connectivity index (χ0v) is 13.9. The largest absolute Gasteiger partial charge is 0.463 e. The quantitative estimate of drug-likeness (QED) is 0.782. The number of para-hydroxylation sites is 1. The van der Waals surface area contributed by atoms with Crippen molar-refractivity contribution in [2.24, 2.45) is 0 Å². The minimum Gasteiger partial charge on any atom is -0.463 e. The van der Waals surface area contributed by atoms with E-state index in [1.54, 1.807) is 18.2 Å². The summed E-state index contributed by atoms with van der Waals surface area (Å²) in [6.45, 7) is 4.37. The first-order valence-electron chi connectivity index (χ1n) is 7.90. The fraction of sp³-hybridized carbons (Fsp3) is 0.263. The molecule has 0 unspecified atom stereocenters. The lowest BCUT2D eigenvalue weighted by molar-refractivity contribution is 0.0289. The monoisotopic (exact) mass is 324 g/mol. The van der Waals surface area contributed by atoms with E-state index < -0.39 is 5.72 Å². The van der Waals surface area contributed by atoms with Crippen molar-refractivity contribution in [3.05, 3.63) is 59.7 Å². The molecule has 1 atom stereocenters. The van der Waals surface area contributed by atoms with E-state index in [9.17, 15) is 10.4 Å². The molecule has 0 saturated heterocycles. The summed E-state index contributed by atoms with van der Waals surface area (Å²) in [7, 11) is 2.04. The van der Waals surface area contributed by atoms with E-state index in [0.29, 0.717) is 5.69 Å². The van der Waals surface area contributed by atoms with Crippen LogP contribution < -0.4 is 14.9 Å². The van der Waals surface area contributed by atoms with Crippen LogP contribution in [0.5, 0.6) is 5.75 Å². The highest BCUT2D eigenvalue weighted by atomic mass is 16.8. The summed E-state index contributed by atoms with van der Waals surface area (Å²) in [5.41, 5.74) is 2.64. The smallest absolute Gasteiger partial charge is 0.211 e. The molecule has 2 N–H and O–H groups in total. The summed E-state index contributed by atoms with van der Waals surface area (Å²) in [6, 6.07) is 13.4. The number of hydrogen-bond acceptors (Lipinski definition) is 5. The van der Waals surface area contributed by atoms with Crippen LogP contribution in [0.15, 0.2) is 48.5 Å². The van der Waals surface area contributed by atoms with Gasteiger partial charge in [0, 0.05) is 18.3 Å². The number of anilines is 2. The van der Waals surface area contributed by atoms with Gasteiger partial charge in [0.15, 0.2) is 0 Å². The first kappa shape index (κ1) is 15.1. The van der Waals surface area contributed by atoms with E-state index in [1.807, 2.05) is 19.2 Å². The van der Waals surface area contributed by atoms with Gasteiger partial charge in [-0.3, -0.25) is 10.4 Å². The summed E-state index contributed by atoms with van der Waals surface area (Å²) in [5, 5.41) is 18.5. The van der Waals surface area contributed by atoms with Gasteiger partial charge in [-0.1, -0.05) is 18.2 Å². The molecule has 2 aliphatic rings. The molecule has 124 valence electrons. The van der Waals surface area contributed by atoms with E-state index in [2.05, 4.69) is 43.0 Å². The molecule has 0 saturated carbocycles. The van der Waals surface area contributed by atoms with E-state index in [0.717, 1.165) is 17.0 Å². The SMILES string of the molecule is CN1c2ccccc2C(C)(C)[C@]12C=Cc1cc(N(O)O)ccc1O2. The molecule has 2 aliphatic heterocycles. The summed E-state index contributed by atoms with van der Waals surface area (Å²) in [4.78, 5) is 2.17. The third kappa shape index (κ3) is 1.76. The molecular formula is C19H20N2O3. The number of benzene rings is 2. The zero-order valence-electron chi connectivity index (χ0n) is 13.9. The Morgan fingerprint density at radius 3 is 2.54 bits per heavy atom. The van der Waals surface area contributed by atoms with Gasteiger partial charge in [0.05, 0.1) is 11.1 Å². The van der Waals surface area contributed by atoms with Crippen LogP contribution in [-0.2, 0) is 5.41 Å². The molecule has 2 aromatic rings. The fourth-order valence-corrected chi connectivity index (χ4v) is 3.89. The van der Waals surface area contributed by atoms with Crippen LogP contribution in [0.1, 0.15) is 25.0 Å². The number of likely N-dealkylation sites (N-methyl/N-ethyl adjacent to an activating group) is 1. The average Bonchev–Trinajstić information content (AvgIpc) is 2.74. The summed E-state index contributed by atoms with van der Waals surface area (Å²) in [5.74, 6) is 0.718. The van der Waals surface area contributed by atoms with Crippen molar-refractivity contribution in [2.75, 3.05) is 17.2 Å². The molecule has 0 aromatic heterocycles. The normalized spacial score (nSPS) is 23.0. The third-order valence-electron chi connectivity index (χ3n) is 5.31. The predicted octanol–water partition coefficient (Wildman–Crippen LogP) is 3.80. The Hall–Kier alpha value is -2.50. The fourth-order valence-electron chi connectivity index (χ4n) is 3.89. The van der Waals surface area contributed by atoms with Gasteiger partial charge in [-0.2, -0.15) is 0 Å². The van der Waals surface area contributed by atoms with Gasteiger partial charge < -0.3 is 9.64 Å². The van der Waals surface area contributed by atoms with Crippen molar-refractivity contribution in [3.63, 3.8) is 0 Å². The molecule has 2 aromatic carbocycles. The molecule has 1 spiro atoms. The first-order valence-corrected chi connectivity index (χ1v) is 7.90. The van der Waals surface area contributed by atoms with E-state index >= 15 is 0 Å². The van der Waals surface area contributed by atoms with Crippen molar-refractivity contribution in [3.8, 4) is 5.75 Å². The van der Waals surface area contributed by atoms with Gasteiger partial charge in [-0.25, -0.2) is 0 Å². The molecular weight excluding hydrogens is 304 g/mol. The van der Waals surface area contributed by atoms with Gasteiger partial charge in [0.25, 0.3) is 0 Å². The molecule has 24 heavy (non-hydrogen) atoms. The van der Waals surface area contributed by atoms with E-state index in [4.69, 9.17) is 4.74 Å². The Balaban J connectivity index is 1.83. The predicted molar refractivity (Wildman–Crippen MR) is 92.8 cm³/mol. The molecule has 0 amide bonds. The lowest BCUT2D eigenvalue weighted by Gasteiger charge is -2.45. The maximum atomic E-state index is 9.19. The van der Waals surface area contributed by atoms with Crippen molar-refractivity contribution < 1.29 is 15.2 Å². The highest BCUT2D eigenvalue weighted by Crippen LogP contribution is 2.54. The van der Waals surface area contributed by atoms with Crippen LogP contribution in [0, 0.1) is 0 Å². The number of fused-ring (bicyclic) bond motifs is 2. The molecule has 0 bridgehead atoms. The average molecular weight is 324 g/mol. The molecule has 0 fully saturated rings. The Morgan fingerprint density at radius 2 is 1.83 bits per heavy atom. The molecule has 4 rings (SSSR count). The second-order valence-corrected chi connectivity index (χ2v) is 6.84. The summed E-state index contributed by atoms with van der Waals surface area (Å²) < 4.78 is 6.48. The van der Waals surface area contributed by atoms with Crippen LogP contribution in [0.4, 0.5) is 11.4 Å². The van der Waals surface area contributed by atoms with E-state index in [1.165, 1.54) is 5.56 Å². The highest BCUT2D eigenvalue weighted by Gasteiger charge is 2.57. The highest BCUT2D eigenvalue weighted by molar-refractivity contribution is 5.73. The Labute approximate surface area is 140 Å². The molecule has 0 radical (unpaired) electrons. The Kier molecular flexibility index (Phi) is 2.98. The minimum absolute atomic E-state index is 0.111. The summed E-state index contributed by atoms with van der Waals surface area (Å²) in [6.07, 6.45) is 4.04. The van der Waals surface area contributed by atoms with Crippen LogP contribution in [0.25, 0.3) is 6.08 Å². The van der Waals surface area contributed by atoms with Gasteiger partial charge in [0.1, 0.15) is 5.75 Å². The maximum Gasteiger partial charge on any atom is 0.211 e. The standard InChI is InChI=1S/C19H20N2O3/c1-18(2)15-6-4-5-7-16(15)20(3)19(18)11-10-13-12-14(21(22)23)8-9-17(13)24-19/h4-12,22-23H,1-3H3/t19-/m1/s1. The Morgan fingerprint density at radius 1 is 1.08 bits per heavy atom. The Bertz CT molecular complexity index is 844. The first-order chi connectivity index (χ1) is 11.4.